The molecule has 1 saturated heterocycles. The largest absolute Gasteiger partial charge is 0.494 e. The quantitative estimate of drug-likeness (QED) is 0.671. The van der Waals surface area contributed by atoms with Gasteiger partial charge in [-0.3, -0.25) is 4.98 Å². The van der Waals surface area contributed by atoms with Crippen LogP contribution in [0.2, 0.25) is 0 Å². The predicted octanol–water partition coefficient (Wildman–Crippen LogP) is 3.63. The Morgan fingerprint density at radius 3 is 2.85 bits per heavy atom. The average Bonchev–Trinajstić information content (AvgIpc) is 3.11. The third kappa shape index (κ3) is 3.73. The van der Waals surface area contributed by atoms with Crippen molar-refractivity contribution in [3.8, 4) is 5.75 Å². The molecule has 1 aromatic carbocycles. The van der Waals surface area contributed by atoms with Gasteiger partial charge in [0.15, 0.2) is 5.13 Å². The highest BCUT2D eigenvalue weighted by atomic mass is 32.1. The number of ether oxygens (including phenoxy) is 2. The topological polar surface area (TPSA) is 59.5 Å². The Labute approximate surface area is 167 Å². The van der Waals surface area contributed by atoms with E-state index in [2.05, 4.69) is 21.3 Å². The summed E-state index contributed by atoms with van der Waals surface area (Å²) in [6, 6.07) is 7.93. The molecule has 1 aliphatic rings. The van der Waals surface area contributed by atoms with Gasteiger partial charge in [0.2, 0.25) is 0 Å². The highest BCUT2D eigenvalue weighted by molar-refractivity contribution is 7.81. The van der Waals surface area contributed by atoms with Crippen molar-refractivity contribution in [2.45, 2.75) is 6.92 Å². The smallest absolute Gasteiger partial charge is 0.189 e. The van der Waals surface area contributed by atoms with Gasteiger partial charge in [0, 0.05) is 30.5 Å². The number of morpholine rings is 1. The first-order chi connectivity index (χ1) is 13.2. The summed E-state index contributed by atoms with van der Waals surface area (Å²) in [7, 11) is 1.67. The molecule has 0 spiro atoms. The molecule has 1 aliphatic heterocycles. The Bertz CT molecular complexity index is 983. The first kappa shape index (κ1) is 18.1. The van der Waals surface area contributed by atoms with Crippen LogP contribution in [0.5, 0.6) is 5.75 Å². The monoisotopic (exact) mass is 400 g/mol. The molecule has 27 heavy (non-hydrogen) atoms. The van der Waals surface area contributed by atoms with Gasteiger partial charge in [-0.2, -0.15) is 0 Å². The van der Waals surface area contributed by atoms with Crippen molar-refractivity contribution in [1.82, 2.24) is 9.97 Å². The summed E-state index contributed by atoms with van der Waals surface area (Å²) in [5.41, 5.74) is 3.86. The number of pyridine rings is 1. The lowest BCUT2D eigenvalue weighted by Gasteiger charge is -2.29. The van der Waals surface area contributed by atoms with E-state index in [-0.39, 0.29) is 0 Å². The third-order valence-corrected chi connectivity index (χ3v) is 5.77. The van der Waals surface area contributed by atoms with Crippen molar-refractivity contribution >= 4 is 49.6 Å². The summed E-state index contributed by atoms with van der Waals surface area (Å²) in [6.45, 7) is 5.17. The van der Waals surface area contributed by atoms with Crippen LogP contribution in [0.4, 0.5) is 10.8 Å². The number of thiocarbonyl (C=S) groups is 1. The number of methoxy groups -OCH3 is 1. The zero-order valence-corrected chi connectivity index (χ0v) is 16.8. The highest BCUT2D eigenvalue weighted by Gasteiger charge is 2.19. The minimum atomic E-state index is 0.631. The maximum Gasteiger partial charge on any atom is 0.189 e. The van der Waals surface area contributed by atoms with Gasteiger partial charge in [-0.1, -0.05) is 23.6 Å². The lowest BCUT2D eigenvalue weighted by atomic mass is 10.2. The first-order valence-corrected chi connectivity index (χ1v) is 9.92. The van der Waals surface area contributed by atoms with Crippen LogP contribution in [0.25, 0.3) is 10.2 Å². The minimum Gasteiger partial charge on any atom is -0.494 e. The lowest BCUT2D eigenvalue weighted by molar-refractivity contribution is 0.123. The molecular weight excluding hydrogens is 380 g/mol. The second kappa shape index (κ2) is 7.75. The molecule has 0 amide bonds. The lowest BCUT2D eigenvalue weighted by Crippen LogP contribution is -2.36. The van der Waals surface area contributed by atoms with Crippen molar-refractivity contribution in [2.75, 3.05) is 43.6 Å². The number of thiazole rings is 1. The summed E-state index contributed by atoms with van der Waals surface area (Å²) < 4.78 is 12.1. The van der Waals surface area contributed by atoms with E-state index in [1.165, 1.54) is 0 Å². The summed E-state index contributed by atoms with van der Waals surface area (Å²) in [6.07, 6.45) is 1.76. The van der Waals surface area contributed by atoms with E-state index >= 15 is 0 Å². The molecule has 0 radical (unpaired) electrons. The standard InChI is InChI=1S/C19H20N4O2S2/c1-12-11-13(5-6-20-12)18(26)22-19-21-16-15(24-2)4-3-14(17(16)27-19)23-7-9-25-10-8-23/h3-6,11H,7-10H2,1-2H3,(H,21,22,26). The Morgan fingerprint density at radius 1 is 1.30 bits per heavy atom. The molecule has 0 atom stereocenters. The molecule has 4 rings (SSSR count). The summed E-state index contributed by atoms with van der Waals surface area (Å²) in [4.78, 5) is 11.9. The molecule has 0 saturated carbocycles. The van der Waals surface area contributed by atoms with Crippen LogP contribution in [0.1, 0.15) is 11.3 Å². The Balaban J connectivity index is 1.68. The van der Waals surface area contributed by atoms with Gasteiger partial charge in [-0.15, -0.1) is 0 Å². The molecule has 2 aromatic heterocycles. The zero-order chi connectivity index (χ0) is 18.8. The number of rotatable bonds is 4. The van der Waals surface area contributed by atoms with Crippen LogP contribution in [-0.4, -0.2) is 48.4 Å². The van der Waals surface area contributed by atoms with Crippen LogP contribution >= 0.6 is 23.6 Å². The number of benzene rings is 1. The van der Waals surface area contributed by atoms with Gasteiger partial charge >= 0.3 is 0 Å². The number of fused-ring (bicyclic) bond motifs is 1. The van der Waals surface area contributed by atoms with E-state index < -0.39 is 0 Å². The van der Waals surface area contributed by atoms with Crippen molar-refractivity contribution in [3.05, 3.63) is 41.7 Å². The van der Waals surface area contributed by atoms with Gasteiger partial charge in [-0.25, -0.2) is 4.98 Å². The van der Waals surface area contributed by atoms with Gasteiger partial charge in [-0.05, 0) is 31.2 Å². The van der Waals surface area contributed by atoms with E-state index in [0.29, 0.717) is 4.99 Å². The molecule has 3 heterocycles. The van der Waals surface area contributed by atoms with E-state index in [4.69, 9.17) is 26.7 Å². The van der Waals surface area contributed by atoms with Crippen molar-refractivity contribution in [3.63, 3.8) is 0 Å². The van der Waals surface area contributed by atoms with Crippen LogP contribution in [0.3, 0.4) is 0 Å². The zero-order valence-electron chi connectivity index (χ0n) is 15.2. The fourth-order valence-corrected chi connectivity index (χ4v) is 4.41. The molecule has 8 heteroatoms. The number of hydrogen-bond donors (Lipinski definition) is 1. The minimum absolute atomic E-state index is 0.631. The first-order valence-electron chi connectivity index (χ1n) is 8.70. The molecule has 6 nitrogen and oxygen atoms in total. The second-order valence-corrected chi connectivity index (χ2v) is 7.63. The summed E-state index contributed by atoms with van der Waals surface area (Å²) >= 11 is 7.14. The molecule has 0 aliphatic carbocycles. The normalized spacial score (nSPS) is 14.4. The SMILES string of the molecule is COc1ccc(N2CCOCC2)c2sc(NC(=S)c3ccnc(C)c3)nc12. The van der Waals surface area contributed by atoms with Crippen molar-refractivity contribution in [1.29, 1.82) is 0 Å². The molecule has 1 fully saturated rings. The number of aromatic nitrogens is 2. The summed E-state index contributed by atoms with van der Waals surface area (Å²) in [5.74, 6) is 0.761. The number of anilines is 2. The molecule has 140 valence electrons. The molecular formula is C19H20N4O2S2. The van der Waals surface area contributed by atoms with Gasteiger partial charge in [0.05, 0.1) is 30.7 Å². The number of aryl methyl sites for hydroxylation is 1. The van der Waals surface area contributed by atoms with Gasteiger partial charge in [0.1, 0.15) is 16.3 Å². The molecule has 3 aromatic rings. The summed E-state index contributed by atoms with van der Waals surface area (Å²) in [5, 5.41) is 4.02. The highest BCUT2D eigenvalue weighted by Crippen LogP contribution is 2.39. The van der Waals surface area contributed by atoms with Crippen molar-refractivity contribution < 1.29 is 9.47 Å². The molecule has 0 bridgehead atoms. The van der Waals surface area contributed by atoms with E-state index in [9.17, 15) is 0 Å². The third-order valence-electron chi connectivity index (χ3n) is 4.44. The molecule has 0 unspecified atom stereocenters. The number of nitrogens with zero attached hydrogens (tertiary/aromatic N) is 3. The number of hydrogen-bond acceptors (Lipinski definition) is 7. The fraction of sp³-hybridized carbons (Fsp3) is 0.316. The van der Waals surface area contributed by atoms with Crippen LogP contribution < -0.4 is 15.0 Å². The molecule has 1 N–H and O–H groups in total. The van der Waals surface area contributed by atoms with Crippen LogP contribution in [-0.2, 0) is 4.74 Å². The second-order valence-electron chi connectivity index (χ2n) is 6.22. The van der Waals surface area contributed by atoms with Crippen LogP contribution in [0, 0.1) is 6.92 Å². The average molecular weight is 401 g/mol. The van der Waals surface area contributed by atoms with E-state index in [1.807, 2.05) is 25.1 Å². The Hall–Kier alpha value is -2.29. The van der Waals surface area contributed by atoms with E-state index in [0.717, 1.165) is 64.3 Å². The van der Waals surface area contributed by atoms with Gasteiger partial charge in [0.25, 0.3) is 0 Å². The van der Waals surface area contributed by atoms with Crippen molar-refractivity contribution in [2.24, 2.45) is 0 Å². The van der Waals surface area contributed by atoms with E-state index in [1.54, 1.807) is 24.6 Å². The number of nitrogens with one attached hydrogen (secondary N) is 1. The fourth-order valence-electron chi connectivity index (χ4n) is 3.10. The Morgan fingerprint density at radius 2 is 2.11 bits per heavy atom. The maximum absolute atomic E-state index is 5.56. The van der Waals surface area contributed by atoms with Crippen LogP contribution in [0.15, 0.2) is 30.5 Å². The Kier molecular flexibility index (Phi) is 5.20. The predicted molar refractivity (Wildman–Crippen MR) is 114 cm³/mol. The maximum atomic E-state index is 5.56. The van der Waals surface area contributed by atoms with Gasteiger partial charge < -0.3 is 19.7 Å².